The number of aryl methyl sites for hydroxylation is 1. The number of carbonyl (C=O) groups excluding carboxylic acids is 1. The third-order valence-corrected chi connectivity index (χ3v) is 6.18. The van der Waals surface area contributed by atoms with Gasteiger partial charge in [0.05, 0.1) is 11.3 Å². The topological polar surface area (TPSA) is 109 Å². The van der Waals surface area contributed by atoms with Crippen molar-refractivity contribution < 1.29 is 22.4 Å². The molecule has 0 aliphatic heterocycles. The van der Waals surface area contributed by atoms with E-state index < -0.39 is 23.6 Å². The highest BCUT2D eigenvalue weighted by Gasteiger charge is 2.30. The maximum Gasteiger partial charge on any atom is 0.416 e. The van der Waals surface area contributed by atoms with Crippen molar-refractivity contribution >= 4 is 34.4 Å². The van der Waals surface area contributed by atoms with Crippen molar-refractivity contribution in [3.05, 3.63) is 102 Å². The highest BCUT2D eigenvalue weighted by Crippen LogP contribution is 2.34. The number of aromatic nitrogens is 3. The molecule has 2 amide bonds. The van der Waals surface area contributed by atoms with Crippen LogP contribution < -0.4 is 21.7 Å². The molecule has 5 aromatic rings. The van der Waals surface area contributed by atoms with Gasteiger partial charge in [0.15, 0.2) is 5.82 Å². The lowest BCUT2D eigenvalue weighted by Gasteiger charge is -2.12. The molecule has 8 nitrogen and oxygen atoms in total. The van der Waals surface area contributed by atoms with Gasteiger partial charge in [0.2, 0.25) is 0 Å². The molecule has 0 aliphatic carbocycles. The van der Waals surface area contributed by atoms with Crippen molar-refractivity contribution in [1.82, 2.24) is 14.6 Å². The summed E-state index contributed by atoms with van der Waals surface area (Å²) in [6.45, 7) is 2.05. The number of halogens is 4. The van der Waals surface area contributed by atoms with E-state index in [9.17, 15) is 22.4 Å². The molecule has 2 aromatic heterocycles. The summed E-state index contributed by atoms with van der Waals surface area (Å²) in [4.78, 5) is 16.5. The summed E-state index contributed by atoms with van der Waals surface area (Å²) in [7, 11) is 0. The lowest BCUT2D eigenvalue weighted by molar-refractivity contribution is -0.137. The van der Waals surface area contributed by atoms with Gasteiger partial charge < -0.3 is 21.7 Å². The van der Waals surface area contributed by atoms with Gasteiger partial charge in [-0.05, 0) is 72.1 Å². The minimum Gasteiger partial charge on any atom is -0.382 e. The molecular weight excluding hydrogens is 526 g/mol. The minimum atomic E-state index is -4.42. The van der Waals surface area contributed by atoms with Crippen molar-refractivity contribution in [2.24, 2.45) is 0 Å². The number of hydrogen-bond acceptors (Lipinski definition) is 5. The van der Waals surface area contributed by atoms with Crippen LogP contribution in [0.5, 0.6) is 0 Å². The largest absolute Gasteiger partial charge is 0.416 e. The third kappa shape index (κ3) is 5.65. The summed E-state index contributed by atoms with van der Waals surface area (Å²) in [5.74, 6) is -0.304. The van der Waals surface area contributed by atoms with Crippen LogP contribution in [0, 0.1) is 12.7 Å². The van der Waals surface area contributed by atoms with E-state index in [2.05, 4.69) is 26.0 Å². The SMILES string of the molecule is Cc1ccc(F)c(NC(=O)Nc2ccc(-c3c(CNc4ccc(C(F)(F)F)cc4)cn4ncnc(N)c34)cc2)c1. The third-order valence-electron chi connectivity index (χ3n) is 6.18. The van der Waals surface area contributed by atoms with E-state index in [-0.39, 0.29) is 18.1 Å². The second-order valence-electron chi connectivity index (χ2n) is 9.04. The van der Waals surface area contributed by atoms with E-state index in [1.54, 1.807) is 48.0 Å². The first kappa shape index (κ1) is 26.5. The first-order chi connectivity index (χ1) is 19.1. The summed E-state index contributed by atoms with van der Waals surface area (Å²) >= 11 is 0. The first-order valence-electron chi connectivity index (χ1n) is 12.0. The number of urea groups is 1. The Kier molecular flexibility index (Phi) is 6.99. The Labute approximate surface area is 225 Å². The van der Waals surface area contributed by atoms with E-state index in [0.717, 1.165) is 34.4 Å². The van der Waals surface area contributed by atoms with Crippen LogP contribution >= 0.6 is 0 Å². The van der Waals surface area contributed by atoms with Crippen molar-refractivity contribution in [2.45, 2.75) is 19.6 Å². The molecule has 204 valence electrons. The number of fused-ring (bicyclic) bond motifs is 1. The van der Waals surface area contributed by atoms with Gasteiger partial charge in [-0.2, -0.15) is 18.3 Å². The van der Waals surface area contributed by atoms with Crippen LogP contribution in [-0.4, -0.2) is 20.6 Å². The number of hydrogen-bond donors (Lipinski definition) is 4. The van der Waals surface area contributed by atoms with E-state index in [0.29, 0.717) is 16.9 Å². The Morgan fingerprint density at radius 1 is 0.975 bits per heavy atom. The standard InChI is InChI=1S/C28H23F4N7O/c1-16-2-11-22(29)23(12-16)38-27(40)37-21-7-3-17(4-8-21)24-18(14-39-25(24)26(33)35-15-36-39)13-34-20-9-5-19(6-10-20)28(30,31)32/h2-12,14-15,34H,13H2,1H3,(H2,33,35,36)(H2,37,38,40). The van der Waals surface area contributed by atoms with Crippen molar-refractivity contribution in [2.75, 3.05) is 21.7 Å². The van der Waals surface area contributed by atoms with Crippen LogP contribution in [0.4, 0.5) is 45.2 Å². The van der Waals surface area contributed by atoms with Crippen LogP contribution in [-0.2, 0) is 12.7 Å². The molecule has 0 unspecified atom stereocenters. The van der Waals surface area contributed by atoms with Crippen LogP contribution in [0.3, 0.4) is 0 Å². The number of nitrogen functional groups attached to an aromatic ring is 1. The zero-order valence-electron chi connectivity index (χ0n) is 21.1. The van der Waals surface area contributed by atoms with Crippen LogP contribution in [0.15, 0.2) is 79.3 Å². The summed E-state index contributed by atoms with van der Waals surface area (Å²) < 4.78 is 54.3. The molecule has 0 atom stereocenters. The second kappa shape index (κ2) is 10.6. The fourth-order valence-corrected chi connectivity index (χ4v) is 4.25. The number of anilines is 4. The maximum atomic E-state index is 14.0. The maximum absolute atomic E-state index is 14.0. The first-order valence-corrected chi connectivity index (χ1v) is 12.0. The van der Waals surface area contributed by atoms with Gasteiger partial charge in [-0.1, -0.05) is 18.2 Å². The smallest absolute Gasteiger partial charge is 0.382 e. The molecule has 40 heavy (non-hydrogen) atoms. The molecule has 2 heterocycles. The Hall–Kier alpha value is -5.13. The van der Waals surface area contributed by atoms with Gasteiger partial charge in [0.25, 0.3) is 0 Å². The van der Waals surface area contributed by atoms with Crippen LogP contribution in [0.2, 0.25) is 0 Å². The fourth-order valence-electron chi connectivity index (χ4n) is 4.25. The molecule has 0 aliphatic rings. The number of nitrogens with zero attached hydrogens (tertiary/aromatic N) is 3. The average molecular weight is 550 g/mol. The molecule has 5 N–H and O–H groups in total. The molecule has 0 spiro atoms. The number of benzene rings is 3. The molecule has 5 rings (SSSR count). The minimum absolute atomic E-state index is 0.0649. The summed E-state index contributed by atoms with van der Waals surface area (Å²) in [6, 6.07) is 15.5. The Morgan fingerprint density at radius 2 is 1.68 bits per heavy atom. The van der Waals surface area contributed by atoms with Gasteiger partial charge in [-0.15, -0.1) is 0 Å². The summed E-state index contributed by atoms with van der Waals surface area (Å²) in [5, 5.41) is 12.5. The Bertz CT molecular complexity index is 1680. The molecule has 0 radical (unpaired) electrons. The predicted octanol–water partition coefficient (Wildman–Crippen LogP) is 6.70. The average Bonchev–Trinajstić information content (AvgIpc) is 3.29. The number of carbonyl (C=O) groups is 1. The van der Waals surface area contributed by atoms with Crippen LogP contribution in [0.25, 0.3) is 16.6 Å². The fraction of sp³-hybridized carbons (Fsp3) is 0.107. The normalized spacial score (nSPS) is 11.4. The zero-order chi connectivity index (χ0) is 28.4. The van der Waals surface area contributed by atoms with Crippen molar-refractivity contribution in [3.63, 3.8) is 0 Å². The van der Waals surface area contributed by atoms with Crippen molar-refractivity contribution in [1.29, 1.82) is 0 Å². The van der Waals surface area contributed by atoms with E-state index in [1.165, 1.54) is 30.6 Å². The molecule has 0 saturated carbocycles. The number of nitrogens with two attached hydrogens (primary N) is 1. The monoisotopic (exact) mass is 549 g/mol. The van der Waals surface area contributed by atoms with Crippen molar-refractivity contribution in [3.8, 4) is 11.1 Å². The van der Waals surface area contributed by atoms with Gasteiger partial charge in [-0.25, -0.2) is 18.7 Å². The predicted molar refractivity (Wildman–Crippen MR) is 145 cm³/mol. The lowest BCUT2D eigenvalue weighted by Crippen LogP contribution is -2.20. The summed E-state index contributed by atoms with van der Waals surface area (Å²) in [6.07, 6.45) is -1.34. The van der Waals surface area contributed by atoms with E-state index in [1.807, 2.05) is 0 Å². The van der Waals surface area contributed by atoms with Gasteiger partial charge >= 0.3 is 12.2 Å². The van der Waals surface area contributed by atoms with E-state index in [4.69, 9.17) is 5.73 Å². The highest BCUT2D eigenvalue weighted by molar-refractivity contribution is 6.00. The molecule has 0 saturated heterocycles. The zero-order valence-corrected chi connectivity index (χ0v) is 21.1. The van der Waals surface area contributed by atoms with Gasteiger partial charge in [-0.3, -0.25) is 0 Å². The quantitative estimate of drug-likeness (QED) is 0.176. The second-order valence-corrected chi connectivity index (χ2v) is 9.04. The number of alkyl halides is 3. The Balaban J connectivity index is 1.37. The molecule has 3 aromatic carbocycles. The number of rotatable bonds is 6. The molecule has 0 bridgehead atoms. The Morgan fingerprint density at radius 3 is 2.38 bits per heavy atom. The van der Waals surface area contributed by atoms with E-state index >= 15 is 0 Å². The lowest BCUT2D eigenvalue weighted by atomic mass is 10.0. The van der Waals surface area contributed by atoms with Gasteiger partial charge in [0, 0.05) is 29.7 Å². The number of amides is 2. The molecule has 0 fully saturated rings. The molecule has 12 heteroatoms. The summed E-state index contributed by atoms with van der Waals surface area (Å²) in [5.41, 5.74) is 10.0. The van der Waals surface area contributed by atoms with Gasteiger partial charge in [0.1, 0.15) is 17.7 Å². The molecular formula is C28H23F4N7O. The van der Waals surface area contributed by atoms with Crippen LogP contribution in [0.1, 0.15) is 16.7 Å². The highest BCUT2D eigenvalue weighted by atomic mass is 19.4. The number of nitrogens with one attached hydrogen (secondary N) is 3.